The van der Waals surface area contributed by atoms with E-state index in [0.717, 1.165) is 98.6 Å². The van der Waals surface area contributed by atoms with Gasteiger partial charge < -0.3 is 0 Å². The monoisotopic (exact) mass is 885 g/mol. The van der Waals surface area contributed by atoms with Gasteiger partial charge in [-0.3, -0.25) is 13.7 Å². The first-order valence-corrected chi connectivity index (χ1v) is 22.9. The summed E-state index contributed by atoms with van der Waals surface area (Å²) >= 11 is 0. The van der Waals surface area contributed by atoms with Gasteiger partial charge in [0.1, 0.15) is 0 Å². The summed E-state index contributed by atoms with van der Waals surface area (Å²) in [6.07, 6.45) is 0. The van der Waals surface area contributed by atoms with Gasteiger partial charge in [0.15, 0.2) is 0 Å². The van der Waals surface area contributed by atoms with Gasteiger partial charge >= 0.3 is 0 Å². The summed E-state index contributed by atoms with van der Waals surface area (Å²) in [5.41, 5.74) is 7.95. The van der Waals surface area contributed by atoms with Gasteiger partial charge in [-0.15, -0.1) is 0 Å². The van der Waals surface area contributed by atoms with Crippen LogP contribution in [-0.2, 0) is 0 Å². The molecule has 0 spiro atoms. The minimum Gasteiger partial charge on any atom is -0.278 e. The number of aromatic nitrogens is 6. The van der Waals surface area contributed by atoms with Crippen molar-refractivity contribution in [1.29, 1.82) is 0 Å². The van der Waals surface area contributed by atoms with Crippen LogP contribution in [0.3, 0.4) is 0 Å². The molecule has 9 aromatic carbocycles. The standard InChI is InChI=1S/C60H39N9/c1-4-22-40(23-5-1)61-55-43-28-10-16-34-49(43)67(50-35-17-11-29-44(50)55)58-64-59(68-51-36-18-12-30-45(51)56(46-31-13-19-37-52(46)68)62-41-24-6-2-7-25-41)66-60(65-58)69-53-38-20-14-32-47(53)57(48-33-15-21-39-54(48)69)63-42-26-8-3-9-27-42/h1-39H. The first-order chi connectivity index (χ1) is 34.2. The van der Waals surface area contributed by atoms with E-state index in [9.17, 15) is 0 Å². The smallest absolute Gasteiger partial charge is 0.241 e. The van der Waals surface area contributed by atoms with E-state index in [1.807, 2.05) is 91.0 Å². The summed E-state index contributed by atoms with van der Waals surface area (Å²) in [6, 6.07) is 80.4. The molecule has 0 aliphatic carbocycles. The van der Waals surface area contributed by atoms with E-state index >= 15 is 0 Å². The molecule has 0 unspecified atom stereocenters. The molecule has 0 amide bonds. The van der Waals surface area contributed by atoms with Crippen LogP contribution in [0.4, 0.5) is 17.1 Å². The fraction of sp³-hybridized carbons (Fsp3) is 0. The van der Waals surface area contributed by atoms with Gasteiger partial charge in [0.05, 0.1) is 66.2 Å². The number of pyridine rings is 3. The lowest BCUT2D eigenvalue weighted by molar-refractivity contribution is 0.843. The van der Waals surface area contributed by atoms with Crippen molar-refractivity contribution >= 4 is 82.5 Å². The van der Waals surface area contributed by atoms with Crippen molar-refractivity contribution in [1.82, 2.24) is 28.7 Å². The molecule has 324 valence electrons. The zero-order valence-electron chi connectivity index (χ0n) is 37.0. The highest BCUT2D eigenvalue weighted by Gasteiger charge is 2.22. The molecular formula is C60H39N9. The second kappa shape index (κ2) is 16.7. The van der Waals surface area contributed by atoms with E-state index in [1.165, 1.54) is 0 Å². The van der Waals surface area contributed by atoms with Gasteiger partial charge in [0, 0.05) is 32.3 Å². The zero-order valence-corrected chi connectivity index (χ0v) is 37.0. The average molecular weight is 886 g/mol. The van der Waals surface area contributed by atoms with Crippen LogP contribution in [0.15, 0.2) is 252 Å². The summed E-state index contributed by atoms with van der Waals surface area (Å²) < 4.78 is 6.45. The van der Waals surface area contributed by atoms with Crippen LogP contribution in [0.25, 0.3) is 83.3 Å². The molecule has 69 heavy (non-hydrogen) atoms. The van der Waals surface area contributed by atoms with E-state index in [2.05, 4.69) is 159 Å². The molecule has 13 rings (SSSR count). The Kier molecular flexibility index (Phi) is 9.61. The van der Waals surface area contributed by atoms with Gasteiger partial charge in [0.2, 0.25) is 17.8 Å². The number of rotatable bonds is 6. The summed E-state index contributed by atoms with van der Waals surface area (Å²) in [6.45, 7) is 0. The Hall–Kier alpha value is -9.60. The second-order valence-corrected chi connectivity index (χ2v) is 16.7. The second-order valence-electron chi connectivity index (χ2n) is 16.7. The molecule has 0 N–H and O–H groups in total. The molecule has 4 aromatic heterocycles. The number of para-hydroxylation sites is 9. The van der Waals surface area contributed by atoms with Crippen LogP contribution in [0.5, 0.6) is 0 Å². The summed E-state index contributed by atoms with van der Waals surface area (Å²) in [4.78, 5) is 32.6. The lowest BCUT2D eigenvalue weighted by Gasteiger charge is -2.20. The molecule has 9 heteroatoms. The van der Waals surface area contributed by atoms with Crippen molar-refractivity contribution in [3.63, 3.8) is 0 Å². The third-order valence-electron chi connectivity index (χ3n) is 12.6. The fourth-order valence-corrected chi connectivity index (χ4v) is 9.58. The molecule has 9 nitrogen and oxygen atoms in total. The predicted octanol–water partition coefficient (Wildman–Crippen LogP) is 12.9. The lowest BCUT2D eigenvalue weighted by atomic mass is 10.1. The molecule has 0 saturated heterocycles. The fourth-order valence-electron chi connectivity index (χ4n) is 9.58. The Balaban J connectivity index is 1.20. The van der Waals surface area contributed by atoms with Crippen molar-refractivity contribution in [3.8, 4) is 17.8 Å². The van der Waals surface area contributed by atoms with Crippen molar-refractivity contribution in [3.05, 3.63) is 253 Å². The number of fused-ring (bicyclic) bond motifs is 6. The molecule has 0 aliphatic heterocycles. The molecule has 4 heterocycles. The predicted molar refractivity (Wildman–Crippen MR) is 278 cm³/mol. The van der Waals surface area contributed by atoms with E-state index in [0.29, 0.717) is 17.8 Å². The van der Waals surface area contributed by atoms with Gasteiger partial charge in [-0.25, -0.2) is 15.0 Å². The minimum absolute atomic E-state index is 0.436. The molecule has 0 fully saturated rings. The maximum absolute atomic E-state index is 5.57. The Morgan fingerprint density at radius 3 is 0.623 bits per heavy atom. The quantitative estimate of drug-likeness (QED) is 0.156. The number of hydrogen-bond donors (Lipinski definition) is 0. The number of benzene rings is 9. The van der Waals surface area contributed by atoms with Gasteiger partial charge in [-0.2, -0.15) is 15.0 Å². The third-order valence-corrected chi connectivity index (χ3v) is 12.6. The summed E-state index contributed by atoms with van der Waals surface area (Å²) in [7, 11) is 0. The maximum Gasteiger partial charge on any atom is 0.241 e. The summed E-state index contributed by atoms with van der Waals surface area (Å²) in [5, 5.41) is 8.32. The highest BCUT2D eigenvalue weighted by molar-refractivity contribution is 5.98. The first-order valence-electron chi connectivity index (χ1n) is 22.9. The first kappa shape index (κ1) is 39.7. The largest absolute Gasteiger partial charge is 0.278 e. The Bertz CT molecular complexity index is 3730. The molecule has 0 radical (unpaired) electrons. The molecule has 0 atom stereocenters. The highest BCUT2D eigenvalue weighted by Crippen LogP contribution is 2.30. The van der Waals surface area contributed by atoms with Crippen LogP contribution in [0.1, 0.15) is 0 Å². The summed E-state index contributed by atoms with van der Waals surface area (Å²) in [5.74, 6) is 1.31. The highest BCUT2D eigenvalue weighted by atomic mass is 15.3. The minimum atomic E-state index is 0.436. The third kappa shape index (κ3) is 6.87. The van der Waals surface area contributed by atoms with Crippen LogP contribution in [-0.4, -0.2) is 28.7 Å². The van der Waals surface area contributed by atoms with E-state index in [-0.39, 0.29) is 0 Å². The molecule has 0 saturated carbocycles. The molecule has 13 aromatic rings. The Morgan fingerprint density at radius 1 is 0.217 bits per heavy atom. The maximum atomic E-state index is 5.57. The molecular weight excluding hydrogens is 847 g/mol. The zero-order chi connectivity index (χ0) is 45.7. The van der Waals surface area contributed by atoms with E-state index in [1.54, 1.807) is 0 Å². The topological polar surface area (TPSA) is 90.5 Å². The molecule has 0 bridgehead atoms. The van der Waals surface area contributed by atoms with Crippen LogP contribution in [0, 0.1) is 0 Å². The van der Waals surface area contributed by atoms with Gasteiger partial charge in [0.25, 0.3) is 0 Å². The van der Waals surface area contributed by atoms with Crippen molar-refractivity contribution < 1.29 is 0 Å². The van der Waals surface area contributed by atoms with Gasteiger partial charge in [-0.1, -0.05) is 164 Å². The van der Waals surface area contributed by atoms with Crippen molar-refractivity contribution in [2.75, 3.05) is 0 Å². The van der Waals surface area contributed by atoms with Crippen molar-refractivity contribution in [2.24, 2.45) is 15.0 Å². The SMILES string of the molecule is c1ccc(N=c2c3ccccc3n(-c3nc(-n4c5ccccc5c(=Nc5ccccc5)c5ccccc54)nc(-n4c5ccccc5c(=Nc5ccccc5)c5ccccc54)n3)c3ccccc23)cc1. The van der Waals surface area contributed by atoms with Crippen LogP contribution < -0.4 is 16.1 Å². The number of nitrogens with zero attached hydrogens (tertiary/aromatic N) is 9. The normalized spacial score (nSPS) is 11.5. The Morgan fingerprint density at radius 2 is 0.406 bits per heavy atom. The van der Waals surface area contributed by atoms with E-state index < -0.39 is 0 Å². The number of hydrogen-bond acceptors (Lipinski definition) is 6. The van der Waals surface area contributed by atoms with E-state index in [4.69, 9.17) is 29.9 Å². The Labute approximate surface area is 394 Å². The lowest BCUT2D eigenvalue weighted by Crippen LogP contribution is -2.20. The van der Waals surface area contributed by atoms with Crippen LogP contribution in [0.2, 0.25) is 0 Å². The van der Waals surface area contributed by atoms with Crippen LogP contribution >= 0.6 is 0 Å². The van der Waals surface area contributed by atoms with Crippen molar-refractivity contribution in [2.45, 2.75) is 0 Å². The molecule has 0 aliphatic rings. The average Bonchev–Trinajstić information content (AvgIpc) is 3.41. The van der Waals surface area contributed by atoms with Gasteiger partial charge in [-0.05, 0) is 72.8 Å².